The van der Waals surface area contributed by atoms with Crippen LogP contribution in [0, 0.1) is 5.92 Å². The normalized spacial score (nSPS) is 23.8. The van der Waals surface area contributed by atoms with E-state index in [1.165, 1.54) is 6.33 Å². The van der Waals surface area contributed by atoms with Crippen LogP contribution in [0.5, 0.6) is 0 Å². The predicted octanol–water partition coefficient (Wildman–Crippen LogP) is 1.62. The highest BCUT2D eigenvalue weighted by Crippen LogP contribution is 2.30. The van der Waals surface area contributed by atoms with Gasteiger partial charge in [0.05, 0.1) is 6.10 Å². The lowest BCUT2D eigenvalue weighted by atomic mass is 10.1. The van der Waals surface area contributed by atoms with Crippen molar-refractivity contribution < 1.29 is 19.7 Å². The molecule has 0 spiro atoms. The van der Waals surface area contributed by atoms with Gasteiger partial charge < -0.3 is 25.0 Å². The summed E-state index contributed by atoms with van der Waals surface area (Å²) in [4.78, 5) is 8.34. The zero-order valence-electron chi connectivity index (χ0n) is 14.1. The first-order chi connectivity index (χ1) is 11.6. The molecule has 0 aliphatic heterocycles. The Hall–Kier alpha value is -0.990. The standard InChI is InChI=1S/C16H26ClN3O4/c1-3-23-14(24-4-2)7-12-15(17)18-9-19-16(12)20-11-5-10(8-21)13(22)6-11/h9-11,13-14,21-22H,3-8H2,1-2H3,(H,18,19,20)/t10-,11-,13+/m1/s1. The molecule has 1 aromatic heterocycles. The van der Waals surface area contributed by atoms with Crippen molar-refractivity contribution in [1.82, 2.24) is 9.97 Å². The number of anilines is 1. The van der Waals surface area contributed by atoms with E-state index in [0.29, 0.717) is 43.4 Å². The van der Waals surface area contributed by atoms with Crippen LogP contribution in [0.3, 0.4) is 0 Å². The maximum Gasteiger partial charge on any atom is 0.161 e. The molecule has 2 rings (SSSR count). The summed E-state index contributed by atoms with van der Waals surface area (Å²) in [7, 11) is 0. The fourth-order valence-corrected chi connectivity index (χ4v) is 3.22. The lowest BCUT2D eigenvalue weighted by Crippen LogP contribution is -2.24. The third-order valence-electron chi connectivity index (χ3n) is 4.20. The number of aliphatic hydroxyl groups excluding tert-OH is 2. The molecule has 8 heteroatoms. The fraction of sp³-hybridized carbons (Fsp3) is 0.750. The van der Waals surface area contributed by atoms with Gasteiger partial charge in [-0.15, -0.1) is 0 Å². The lowest BCUT2D eigenvalue weighted by Gasteiger charge is -2.21. The molecule has 1 aliphatic carbocycles. The van der Waals surface area contributed by atoms with Gasteiger partial charge in [-0.3, -0.25) is 0 Å². The van der Waals surface area contributed by atoms with Crippen molar-refractivity contribution in [3.05, 3.63) is 17.0 Å². The van der Waals surface area contributed by atoms with Gasteiger partial charge in [0.15, 0.2) is 6.29 Å². The van der Waals surface area contributed by atoms with Crippen LogP contribution in [0.25, 0.3) is 0 Å². The Morgan fingerprint density at radius 3 is 2.58 bits per heavy atom. The predicted molar refractivity (Wildman–Crippen MR) is 91.0 cm³/mol. The third-order valence-corrected chi connectivity index (χ3v) is 4.53. The second-order valence-electron chi connectivity index (χ2n) is 5.86. The van der Waals surface area contributed by atoms with Gasteiger partial charge in [-0.1, -0.05) is 11.6 Å². The maximum atomic E-state index is 9.95. The molecule has 7 nitrogen and oxygen atoms in total. The summed E-state index contributed by atoms with van der Waals surface area (Å²) in [6.45, 7) is 4.86. The second-order valence-corrected chi connectivity index (χ2v) is 6.22. The van der Waals surface area contributed by atoms with Gasteiger partial charge in [0, 0.05) is 43.8 Å². The minimum Gasteiger partial charge on any atom is -0.396 e. The minimum absolute atomic E-state index is 0.0203. The van der Waals surface area contributed by atoms with Crippen molar-refractivity contribution in [2.45, 2.75) is 51.5 Å². The van der Waals surface area contributed by atoms with E-state index >= 15 is 0 Å². The molecule has 24 heavy (non-hydrogen) atoms. The molecule has 0 radical (unpaired) electrons. The summed E-state index contributed by atoms with van der Waals surface area (Å²) in [5.41, 5.74) is 0.730. The van der Waals surface area contributed by atoms with E-state index in [4.69, 9.17) is 21.1 Å². The molecule has 1 aliphatic rings. The molecule has 0 unspecified atom stereocenters. The summed E-state index contributed by atoms with van der Waals surface area (Å²) in [5.74, 6) is 0.512. The second kappa shape index (κ2) is 9.48. The Bertz CT molecular complexity index is 514. The summed E-state index contributed by atoms with van der Waals surface area (Å²) < 4.78 is 11.2. The Morgan fingerprint density at radius 1 is 1.29 bits per heavy atom. The van der Waals surface area contributed by atoms with Gasteiger partial charge >= 0.3 is 0 Å². The van der Waals surface area contributed by atoms with Crippen molar-refractivity contribution in [1.29, 1.82) is 0 Å². The van der Waals surface area contributed by atoms with E-state index in [0.717, 1.165) is 5.56 Å². The van der Waals surface area contributed by atoms with Crippen LogP contribution >= 0.6 is 11.6 Å². The Labute approximate surface area is 147 Å². The number of aromatic nitrogens is 2. The van der Waals surface area contributed by atoms with Crippen LogP contribution in [-0.2, 0) is 15.9 Å². The molecule has 0 aromatic carbocycles. The number of ether oxygens (including phenoxy) is 2. The molecule has 1 aromatic rings. The van der Waals surface area contributed by atoms with Crippen molar-refractivity contribution in [3.63, 3.8) is 0 Å². The average molecular weight is 360 g/mol. The van der Waals surface area contributed by atoms with Crippen LogP contribution in [0.1, 0.15) is 32.3 Å². The molecule has 3 N–H and O–H groups in total. The first kappa shape index (κ1) is 19.3. The topological polar surface area (TPSA) is 96.7 Å². The monoisotopic (exact) mass is 359 g/mol. The van der Waals surface area contributed by atoms with E-state index in [9.17, 15) is 10.2 Å². The van der Waals surface area contributed by atoms with Crippen LogP contribution < -0.4 is 5.32 Å². The van der Waals surface area contributed by atoms with Crippen molar-refractivity contribution in [2.75, 3.05) is 25.1 Å². The average Bonchev–Trinajstić information content (AvgIpc) is 2.90. The number of halogens is 1. The highest BCUT2D eigenvalue weighted by Gasteiger charge is 2.33. The van der Waals surface area contributed by atoms with Gasteiger partial charge in [0.25, 0.3) is 0 Å². The molecule has 0 amide bonds. The molecular weight excluding hydrogens is 334 g/mol. The number of hydrogen-bond donors (Lipinski definition) is 3. The van der Waals surface area contributed by atoms with Gasteiger partial charge in [-0.2, -0.15) is 0 Å². The lowest BCUT2D eigenvalue weighted by molar-refractivity contribution is -0.134. The molecule has 0 bridgehead atoms. The van der Waals surface area contributed by atoms with Gasteiger partial charge in [0.2, 0.25) is 0 Å². The Balaban J connectivity index is 2.11. The summed E-state index contributed by atoms with van der Waals surface area (Å²) >= 11 is 6.25. The van der Waals surface area contributed by atoms with Crippen LogP contribution in [0.2, 0.25) is 5.15 Å². The van der Waals surface area contributed by atoms with Crippen LogP contribution in [0.4, 0.5) is 5.82 Å². The smallest absolute Gasteiger partial charge is 0.161 e. The molecular formula is C16H26ClN3O4. The van der Waals surface area contributed by atoms with Crippen LogP contribution in [-0.4, -0.2) is 58.4 Å². The fourth-order valence-electron chi connectivity index (χ4n) is 3.01. The summed E-state index contributed by atoms with van der Waals surface area (Å²) in [6, 6.07) is 0.0273. The molecule has 3 atom stereocenters. The minimum atomic E-state index is -0.507. The van der Waals surface area contributed by atoms with E-state index in [1.54, 1.807) is 0 Å². The first-order valence-corrected chi connectivity index (χ1v) is 8.74. The Morgan fingerprint density at radius 2 is 2.00 bits per heavy atom. The quantitative estimate of drug-likeness (QED) is 0.455. The highest BCUT2D eigenvalue weighted by atomic mass is 35.5. The van der Waals surface area contributed by atoms with E-state index in [2.05, 4.69) is 15.3 Å². The largest absolute Gasteiger partial charge is 0.396 e. The van der Waals surface area contributed by atoms with E-state index in [-0.39, 0.29) is 18.6 Å². The molecule has 1 fully saturated rings. The highest BCUT2D eigenvalue weighted by molar-refractivity contribution is 6.30. The zero-order valence-corrected chi connectivity index (χ0v) is 14.9. The van der Waals surface area contributed by atoms with Crippen LogP contribution in [0.15, 0.2) is 6.33 Å². The SMILES string of the molecule is CCOC(Cc1c(Cl)ncnc1N[C@@H]1C[C@H](CO)[C@@H](O)C1)OCC. The van der Waals surface area contributed by atoms with Gasteiger partial charge in [-0.25, -0.2) is 9.97 Å². The van der Waals surface area contributed by atoms with Crippen molar-refractivity contribution >= 4 is 17.4 Å². The number of rotatable bonds is 9. The molecule has 0 saturated heterocycles. The Kier molecular flexibility index (Phi) is 7.64. The number of hydrogen-bond acceptors (Lipinski definition) is 7. The van der Waals surface area contributed by atoms with Crippen molar-refractivity contribution in [2.24, 2.45) is 5.92 Å². The summed E-state index contributed by atoms with van der Waals surface area (Å²) in [5, 5.41) is 22.9. The van der Waals surface area contributed by atoms with Gasteiger partial charge in [-0.05, 0) is 26.7 Å². The summed E-state index contributed by atoms with van der Waals surface area (Å²) in [6.07, 6.45) is 2.16. The third kappa shape index (κ3) is 5.00. The first-order valence-electron chi connectivity index (χ1n) is 8.37. The van der Waals surface area contributed by atoms with Gasteiger partial charge in [0.1, 0.15) is 17.3 Å². The molecule has 136 valence electrons. The number of aliphatic hydroxyl groups is 2. The zero-order chi connectivity index (χ0) is 17.5. The molecule has 1 saturated carbocycles. The maximum absolute atomic E-state index is 9.95. The molecule has 1 heterocycles. The van der Waals surface area contributed by atoms with E-state index in [1.807, 2.05) is 13.8 Å². The van der Waals surface area contributed by atoms with E-state index < -0.39 is 12.4 Å². The van der Waals surface area contributed by atoms with Crippen molar-refractivity contribution in [3.8, 4) is 0 Å². The number of nitrogens with zero attached hydrogens (tertiary/aromatic N) is 2. The number of nitrogens with one attached hydrogen (secondary N) is 1.